The molecule has 0 saturated heterocycles. The van der Waals surface area contributed by atoms with Gasteiger partial charge in [-0.3, -0.25) is 0 Å². The van der Waals surface area contributed by atoms with Crippen LogP contribution in [0.4, 0.5) is 0 Å². The van der Waals surface area contributed by atoms with Gasteiger partial charge in [-0.15, -0.1) is 23.2 Å². The highest BCUT2D eigenvalue weighted by Gasteiger charge is 2.38. The van der Waals surface area contributed by atoms with E-state index in [1.165, 1.54) is 25.7 Å². The van der Waals surface area contributed by atoms with Crippen molar-refractivity contribution in [2.24, 2.45) is 11.3 Å². The minimum atomic E-state index is -2.87. The minimum Gasteiger partial charge on any atom is -0.229 e. The Kier molecular flexibility index (Phi) is 6.77. The summed E-state index contributed by atoms with van der Waals surface area (Å²) in [7, 11) is -2.87. The van der Waals surface area contributed by atoms with Crippen molar-refractivity contribution in [1.82, 2.24) is 0 Å². The fourth-order valence-corrected chi connectivity index (χ4v) is 4.78. The maximum atomic E-state index is 11.5. The van der Waals surface area contributed by atoms with Gasteiger partial charge in [0.25, 0.3) is 0 Å². The number of sulfone groups is 1. The van der Waals surface area contributed by atoms with Crippen LogP contribution in [0.5, 0.6) is 0 Å². The Morgan fingerprint density at radius 3 is 2.17 bits per heavy atom. The largest absolute Gasteiger partial charge is 0.229 e. The number of halogens is 2. The third-order valence-corrected chi connectivity index (χ3v) is 7.18. The second-order valence-electron chi connectivity index (χ2n) is 5.45. The highest BCUT2D eigenvalue weighted by molar-refractivity contribution is 7.91. The Morgan fingerprint density at radius 1 is 1.17 bits per heavy atom. The van der Waals surface area contributed by atoms with Crippen LogP contribution in [0.2, 0.25) is 0 Å². The molecule has 5 heteroatoms. The molecule has 0 aromatic heterocycles. The SMILES string of the molecule is CCS(=O)(=O)CCCC(CCl)(CCl)C1CCCC1. The van der Waals surface area contributed by atoms with Gasteiger partial charge in [0.15, 0.2) is 0 Å². The fourth-order valence-electron chi connectivity index (χ4n) is 2.92. The summed E-state index contributed by atoms with van der Waals surface area (Å²) in [5.74, 6) is 2.18. The van der Waals surface area contributed by atoms with Gasteiger partial charge in [-0.05, 0) is 31.6 Å². The van der Waals surface area contributed by atoms with Crippen molar-refractivity contribution in [3.8, 4) is 0 Å². The van der Waals surface area contributed by atoms with Gasteiger partial charge in [-0.1, -0.05) is 19.8 Å². The van der Waals surface area contributed by atoms with Crippen molar-refractivity contribution in [3.63, 3.8) is 0 Å². The Morgan fingerprint density at radius 2 is 1.72 bits per heavy atom. The lowest BCUT2D eigenvalue weighted by Crippen LogP contribution is -2.34. The van der Waals surface area contributed by atoms with Crippen molar-refractivity contribution in [2.45, 2.75) is 45.4 Å². The summed E-state index contributed by atoms with van der Waals surface area (Å²) < 4.78 is 23.0. The summed E-state index contributed by atoms with van der Waals surface area (Å²) in [4.78, 5) is 0. The zero-order valence-electron chi connectivity index (χ0n) is 11.1. The van der Waals surface area contributed by atoms with Crippen LogP contribution < -0.4 is 0 Å². The molecule has 0 atom stereocenters. The van der Waals surface area contributed by atoms with Gasteiger partial charge in [-0.25, -0.2) is 8.42 Å². The lowest BCUT2D eigenvalue weighted by Gasteiger charge is -2.36. The molecular formula is C13H24Cl2O2S. The predicted molar refractivity (Wildman–Crippen MR) is 79.4 cm³/mol. The molecule has 0 aliphatic heterocycles. The maximum Gasteiger partial charge on any atom is 0.150 e. The van der Waals surface area contributed by atoms with Crippen LogP contribution in [0.15, 0.2) is 0 Å². The van der Waals surface area contributed by atoms with Crippen molar-refractivity contribution in [2.75, 3.05) is 23.3 Å². The summed E-state index contributed by atoms with van der Waals surface area (Å²) in [6, 6.07) is 0. The average Bonchev–Trinajstić information content (AvgIpc) is 2.89. The van der Waals surface area contributed by atoms with Crippen LogP contribution in [0.1, 0.15) is 45.4 Å². The van der Waals surface area contributed by atoms with Gasteiger partial charge in [-0.2, -0.15) is 0 Å². The van der Waals surface area contributed by atoms with E-state index in [9.17, 15) is 8.42 Å². The second-order valence-corrected chi connectivity index (χ2v) is 8.46. The Hall–Kier alpha value is 0.530. The number of hydrogen-bond donors (Lipinski definition) is 0. The Balaban J connectivity index is 2.57. The lowest BCUT2D eigenvalue weighted by atomic mass is 9.74. The Bertz CT molecular complexity index is 331. The van der Waals surface area contributed by atoms with Crippen molar-refractivity contribution < 1.29 is 8.42 Å². The smallest absolute Gasteiger partial charge is 0.150 e. The first-order chi connectivity index (χ1) is 8.49. The van der Waals surface area contributed by atoms with Crippen LogP contribution in [-0.2, 0) is 9.84 Å². The van der Waals surface area contributed by atoms with E-state index in [1.54, 1.807) is 6.92 Å². The first-order valence-corrected chi connectivity index (χ1v) is 9.71. The summed E-state index contributed by atoms with van der Waals surface area (Å²) in [5, 5.41) is 0. The predicted octanol–water partition coefficient (Wildman–Crippen LogP) is 3.86. The maximum absolute atomic E-state index is 11.5. The lowest BCUT2D eigenvalue weighted by molar-refractivity contribution is 0.207. The zero-order chi connectivity index (χ0) is 13.6. The van der Waals surface area contributed by atoms with Crippen molar-refractivity contribution in [1.29, 1.82) is 0 Å². The fraction of sp³-hybridized carbons (Fsp3) is 1.00. The summed E-state index contributed by atoms with van der Waals surface area (Å²) >= 11 is 12.3. The van der Waals surface area contributed by atoms with E-state index in [0.29, 0.717) is 24.1 Å². The highest BCUT2D eigenvalue weighted by Crippen LogP contribution is 2.44. The molecule has 0 N–H and O–H groups in total. The molecule has 1 aliphatic carbocycles. The van der Waals surface area contributed by atoms with E-state index in [-0.39, 0.29) is 16.9 Å². The molecular weight excluding hydrogens is 291 g/mol. The number of hydrogen-bond acceptors (Lipinski definition) is 2. The first kappa shape index (κ1) is 16.6. The molecule has 18 heavy (non-hydrogen) atoms. The van der Waals surface area contributed by atoms with Crippen LogP contribution in [-0.4, -0.2) is 31.7 Å². The van der Waals surface area contributed by atoms with Gasteiger partial charge < -0.3 is 0 Å². The standard InChI is InChI=1S/C13H24Cl2O2S/c1-2-18(16,17)9-5-8-13(10-14,11-15)12-6-3-4-7-12/h12H,2-11H2,1H3. The van der Waals surface area contributed by atoms with Crippen LogP contribution in [0.3, 0.4) is 0 Å². The van der Waals surface area contributed by atoms with Gasteiger partial charge in [0, 0.05) is 22.9 Å². The number of rotatable bonds is 8. The van der Waals surface area contributed by atoms with E-state index in [0.717, 1.165) is 6.42 Å². The molecule has 2 nitrogen and oxygen atoms in total. The second kappa shape index (κ2) is 7.35. The molecule has 0 bridgehead atoms. The van der Waals surface area contributed by atoms with Gasteiger partial charge in [0.1, 0.15) is 9.84 Å². The van der Waals surface area contributed by atoms with Gasteiger partial charge in [0.05, 0.1) is 5.75 Å². The monoisotopic (exact) mass is 314 g/mol. The van der Waals surface area contributed by atoms with Crippen molar-refractivity contribution >= 4 is 33.0 Å². The molecule has 0 amide bonds. The Labute approximate surface area is 121 Å². The molecule has 0 spiro atoms. The molecule has 0 aromatic carbocycles. The van der Waals surface area contributed by atoms with Crippen LogP contribution in [0, 0.1) is 11.3 Å². The summed E-state index contributed by atoms with van der Waals surface area (Å²) in [6.45, 7) is 1.70. The molecule has 0 radical (unpaired) electrons. The topological polar surface area (TPSA) is 34.1 Å². The van der Waals surface area contributed by atoms with E-state index >= 15 is 0 Å². The third kappa shape index (κ3) is 4.28. The van der Waals surface area contributed by atoms with E-state index in [2.05, 4.69) is 0 Å². The summed E-state index contributed by atoms with van der Waals surface area (Å²) in [6.07, 6.45) is 6.43. The quantitative estimate of drug-likeness (QED) is 0.638. The van der Waals surface area contributed by atoms with Gasteiger partial charge >= 0.3 is 0 Å². The minimum absolute atomic E-state index is 0.0527. The third-order valence-electron chi connectivity index (χ3n) is 4.32. The molecule has 108 valence electrons. The summed E-state index contributed by atoms with van der Waals surface area (Å²) in [5.41, 5.74) is -0.0527. The molecule has 0 aromatic rings. The highest BCUT2D eigenvalue weighted by atomic mass is 35.5. The van der Waals surface area contributed by atoms with E-state index in [4.69, 9.17) is 23.2 Å². The molecule has 1 rings (SSSR count). The zero-order valence-corrected chi connectivity index (χ0v) is 13.5. The van der Waals surface area contributed by atoms with Crippen LogP contribution in [0.25, 0.3) is 0 Å². The van der Waals surface area contributed by atoms with Crippen LogP contribution >= 0.6 is 23.2 Å². The molecule has 1 saturated carbocycles. The molecule has 0 heterocycles. The van der Waals surface area contributed by atoms with Crippen molar-refractivity contribution in [3.05, 3.63) is 0 Å². The van der Waals surface area contributed by atoms with E-state index in [1.807, 2.05) is 0 Å². The van der Waals surface area contributed by atoms with E-state index < -0.39 is 9.84 Å². The average molecular weight is 315 g/mol. The molecule has 1 fully saturated rings. The van der Waals surface area contributed by atoms with Gasteiger partial charge in [0.2, 0.25) is 0 Å². The number of alkyl halides is 2. The molecule has 0 unspecified atom stereocenters. The normalized spacial score (nSPS) is 18.4. The molecule has 1 aliphatic rings. The first-order valence-electron chi connectivity index (χ1n) is 6.82.